The van der Waals surface area contributed by atoms with Crippen molar-refractivity contribution in [3.05, 3.63) is 60.4 Å². The van der Waals surface area contributed by atoms with E-state index in [1.807, 2.05) is 55.5 Å². The summed E-state index contributed by atoms with van der Waals surface area (Å²) in [6.45, 7) is 3.93. The van der Waals surface area contributed by atoms with E-state index in [4.69, 9.17) is 9.47 Å². The van der Waals surface area contributed by atoms with Crippen LogP contribution in [0, 0.1) is 6.92 Å². The van der Waals surface area contributed by atoms with Gasteiger partial charge in [-0.25, -0.2) is 9.67 Å². The highest BCUT2D eigenvalue weighted by atomic mass is 16.6. The molecule has 0 radical (unpaired) electrons. The summed E-state index contributed by atoms with van der Waals surface area (Å²) in [7, 11) is 0. The summed E-state index contributed by atoms with van der Waals surface area (Å²) < 4.78 is 13.2. The maximum atomic E-state index is 13.0. The van der Waals surface area contributed by atoms with Crippen molar-refractivity contribution in [3.63, 3.8) is 0 Å². The Hall–Kier alpha value is -3.88. The number of hydrogen-bond acceptors (Lipinski definition) is 6. The molecule has 1 aromatic heterocycles. The van der Waals surface area contributed by atoms with Crippen LogP contribution in [-0.4, -0.2) is 75.3 Å². The Morgan fingerprint density at radius 2 is 1.61 bits per heavy atom. The van der Waals surface area contributed by atoms with Crippen LogP contribution in [0.1, 0.15) is 5.82 Å². The molecule has 2 aliphatic heterocycles. The number of nitrogens with zero attached hydrogens (tertiary/aromatic N) is 5. The summed E-state index contributed by atoms with van der Waals surface area (Å²) in [4.78, 5) is 33.9. The molecule has 9 nitrogen and oxygen atoms in total. The molecular formula is C24H25N5O4. The molecule has 1 saturated heterocycles. The fraction of sp³-hybridized carbons (Fsp3) is 0.333. The largest absolute Gasteiger partial charge is 0.485 e. The zero-order valence-corrected chi connectivity index (χ0v) is 18.4. The summed E-state index contributed by atoms with van der Waals surface area (Å²) in [5, 5.41) is 4.41. The molecule has 2 aliphatic rings. The number of aryl methyl sites for hydroxylation is 1. The Morgan fingerprint density at radius 1 is 0.939 bits per heavy atom. The number of fused-ring (bicyclic) bond motifs is 1. The van der Waals surface area contributed by atoms with Gasteiger partial charge in [0.05, 0.1) is 0 Å². The monoisotopic (exact) mass is 447 g/mol. The van der Waals surface area contributed by atoms with Crippen LogP contribution in [0.5, 0.6) is 11.5 Å². The number of aromatic nitrogens is 3. The lowest BCUT2D eigenvalue weighted by molar-refractivity contribution is -0.146. The lowest BCUT2D eigenvalue weighted by Gasteiger charge is -2.37. The molecule has 170 valence electrons. The highest BCUT2D eigenvalue weighted by Crippen LogP contribution is 2.31. The van der Waals surface area contributed by atoms with E-state index < -0.39 is 6.10 Å². The van der Waals surface area contributed by atoms with Crippen molar-refractivity contribution in [3.8, 4) is 22.9 Å². The number of benzene rings is 2. The third-order valence-electron chi connectivity index (χ3n) is 5.82. The summed E-state index contributed by atoms with van der Waals surface area (Å²) in [5.74, 6) is 2.35. The predicted molar refractivity (Wildman–Crippen MR) is 120 cm³/mol. The number of rotatable bonds is 4. The fourth-order valence-corrected chi connectivity index (χ4v) is 4.12. The van der Waals surface area contributed by atoms with E-state index in [9.17, 15) is 9.59 Å². The minimum Gasteiger partial charge on any atom is -0.485 e. The molecule has 0 N–H and O–H groups in total. The Bertz CT molecular complexity index is 1150. The Morgan fingerprint density at radius 3 is 2.36 bits per heavy atom. The van der Waals surface area contributed by atoms with Gasteiger partial charge in [-0.05, 0) is 19.1 Å². The average molecular weight is 447 g/mol. The van der Waals surface area contributed by atoms with Crippen molar-refractivity contribution in [2.75, 3.05) is 32.8 Å². The van der Waals surface area contributed by atoms with Crippen LogP contribution in [0.15, 0.2) is 54.6 Å². The number of amides is 2. The lowest BCUT2D eigenvalue weighted by Crippen LogP contribution is -2.55. The third-order valence-corrected chi connectivity index (χ3v) is 5.82. The second-order valence-electron chi connectivity index (χ2n) is 8.08. The first-order valence-corrected chi connectivity index (χ1v) is 11.0. The fourth-order valence-electron chi connectivity index (χ4n) is 4.12. The van der Waals surface area contributed by atoms with Gasteiger partial charge in [0.1, 0.15) is 19.0 Å². The van der Waals surface area contributed by atoms with Crippen LogP contribution in [0.25, 0.3) is 11.4 Å². The first-order chi connectivity index (χ1) is 16.1. The molecule has 0 spiro atoms. The lowest BCUT2D eigenvalue weighted by atomic mass is 10.2. The number of ether oxygens (including phenoxy) is 2. The summed E-state index contributed by atoms with van der Waals surface area (Å²) in [6, 6.07) is 17.0. The van der Waals surface area contributed by atoms with E-state index in [0.717, 1.165) is 5.56 Å². The van der Waals surface area contributed by atoms with Gasteiger partial charge in [-0.2, -0.15) is 5.10 Å². The molecule has 1 unspecified atom stereocenters. The van der Waals surface area contributed by atoms with Crippen LogP contribution >= 0.6 is 0 Å². The minimum atomic E-state index is -0.672. The van der Waals surface area contributed by atoms with Crippen LogP contribution in [0.4, 0.5) is 0 Å². The van der Waals surface area contributed by atoms with Crippen LogP contribution in [0.2, 0.25) is 0 Å². The molecule has 1 atom stereocenters. The molecule has 9 heteroatoms. The van der Waals surface area contributed by atoms with Gasteiger partial charge in [-0.3, -0.25) is 9.59 Å². The van der Waals surface area contributed by atoms with Crippen LogP contribution in [-0.2, 0) is 16.1 Å². The minimum absolute atomic E-state index is 0.0460. The molecular weight excluding hydrogens is 422 g/mol. The zero-order valence-electron chi connectivity index (χ0n) is 18.4. The molecule has 0 aliphatic carbocycles. The molecule has 0 saturated carbocycles. The number of carbonyl (C=O) groups excluding carboxylic acids is 2. The number of para-hydroxylation sites is 2. The van der Waals surface area contributed by atoms with E-state index in [-0.39, 0.29) is 25.0 Å². The third kappa shape index (κ3) is 4.39. The van der Waals surface area contributed by atoms with Gasteiger partial charge in [0, 0.05) is 31.7 Å². The van der Waals surface area contributed by atoms with E-state index in [0.29, 0.717) is 49.3 Å². The Balaban J connectivity index is 1.18. The van der Waals surface area contributed by atoms with Gasteiger partial charge in [0.2, 0.25) is 12.0 Å². The summed E-state index contributed by atoms with van der Waals surface area (Å²) in [5.41, 5.74) is 0.914. The second kappa shape index (κ2) is 8.93. The first kappa shape index (κ1) is 21.0. The average Bonchev–Trinajstić information content (AvgIpc) is 3.23. The molecule has 3 aromatic rings. The van der Waals surface area contributed by atoms with Crippen LogP contribution in [0.3, 0.4) is 0 Å². The molecule has 3 heterocycles. The van der Waals surface area contributed by atoms with Crippen molar-refractivity contribution in [2.45, 2.75) is 19.6 Å². The molecule has 2 amide bonds. The topological polar surface area (TPSA) is 89.8 Å². The normalized spacial score (nSPS) is 17.7. The van der Waals surface area contributed by atoms with Gasteiger partial charge in [-0.1, -0.05) is 42.5 Å². The van der Waals surface area contributed by atoms with Gasteiger partial charge in [-0.15, -0.1) is 0 Å². The van der Waals surface area contributed by atoms with Crippen molar-refractivity contribution in [1.29, 1.82) is 0 Å². The highest BCUT2D eigenvalue weighted by molar-refractivity contribution is 5.82. The van der Waals surface area contributed by atoms with Gasteiger partial charge < -0.3 is 19.3 Å². The number of carbonyl (C=O) groups is 2. The summed E-state index contributed by atoms with van der Waals surface area (Å²) >= 11 is 0. The predicted octanol–water partition coefficient (Wildman–Crippen LogP) is 1.76. The van der Waals surface area contributed by atoms with Crippen molar-refractivity contribution in [2.24, 2.45) is 0 Å². The zero-order chi connectivity index (χ0) is 22.8. The van der Waals surface area contributed by atoms with Gasteiger partial charge >= 0.3 is 0 Å². The van der Waals surface area contributed by atoms with Gasteiger partial charge in [0.25, 0.3) is 5.91 Å². The molecule has 0 bridgehead atoms. The maximum Gasteiger partial charge on any atom is 0.267 e. The van der Waals surface area contributed by atoms with Crippen molar-refractivity contribution < 1.29 is 19.1 Å². The molecule has 2 aromatic carbocycles. The Labute approximate surface area is 191 Å². The smallest absolute Gasteiger partial charge is 0.267 e. The SMILES string of the molecule is Cc1nc(-c2ccccc2)n(CC(=O)N2CCN(C(=O)C3COc4ccccc4O3)CC2)n1. The maximum absolute atomic E-state index is 13.0. The van der Waals surface area contributed by atoms with Crippen LogP contribution < -0.4 is 9.47 Å². The summed E-state index contributed by atoms with van der Waals surface area (Å²) in [6.07, 6.45) is -0.672. The van der Waals surface area contributed by atoms with E-state index in [1.54, 1.807) is 20.5 Å². The number of piperazine rings is 1. The Kier molecular flexibility index (Phi) is 5.68. The van der Waals surface area contributed by atoms with E-state index in [1.165, 1.54) is 0 Å². The van der Waals surface area contributed by atoms with E-state index in [2.05, 4.69) is 10.1 Å². The van der Waals surface area contributed by atoms with E-state index >= 15 is 0 Å². The molecule has 33 heavy (non-hydrogen) atoms. The first-order valence-electron chi connectivity index (χ1n) is 11.0. The van der Waals surface area contributed by atoms with Crippen molar-refractivity contribution in [1.82, 2.24) is 24.6 Å². The van der Waals surface area contributed by atoms with Gasteiger partial charge in [0.15, 0.2) is 17.3 Å². The standard InChI is InChI=1S/C24H25N5O4/c1-17-25-23(18-7-3-2-4-8-18)29(26-17)15-22(30)27-11-13-28(14-12-27)24(31)21-16-32-19-9-5-6-10-20(19)33-21/h2-10,21H,11-16H2,1H3. The quantitative estimate of drug-likeness (QED) is 0.606. The molecule has 5 rings (SSSR count). The second-order valence-corrected chi connectivity index (χ2v) is 8.08. The van der Waals surface area contributed by atoms with Crippen molar-refractivity contribution >= 4 is 11.8 Å². The molecule has 1 fully saturated rings. The highest BCUT2D eigenvalue weighted by Gasteiger charge is 2.33. The number of hydrogen-bond donors (Lipinski definition) is 0.